The van der Waals surface area contributed by atoms with Gasteiger partial charge in [0, 0.05) is 37.3 Å². The second-order valence-corrected chi connectivity index (χ2v) is 4.75. The van der Waals surface area contributed by atoms with E-state index in [1.165, 1.54) is 0 Å². The van der Waals surface area contributed by atoms with Crippen molar-refractivity contribution in [3.63, 3.8) is 0 Å². The van der Waals surface area contributed by atoms with Crippen molar-refractivity contribution in [1.29, 1.82) is 0 Å². The smallest absolute Gasteiger partial charge is 0.150 e. The van der Waals surface area contributed by atoms with E-state index in [0.717, 1.165) is 30.2 Å². The molecular formula is C15H22N2O2. The topological polar surface area (TPSA) is 49.4 Å². The number of anilines is 1. The third-order valence-corrected chi connectivity index (χ3v) is 3.47. The van der Waals surface area contributed by atoms with E-state index < -0.39 is 0 Å². The number of aldehydes is 2. The van der Waals surface area contributed by atoms with Gasteiger partial charge in [0.25, 0.3) is 0 Å². The molecule has 1 N–H and O–H groups in total. The molecule has 104 valence electrons. The van der Waals surface area contributed by atoms with Crippen molar-refractivity contribution in [2.45, 2.75) is 32.4 Å². The summed E-state index contributed by atoms with van der Waals surface area (Å²) >= 11 is 0. The molecule has 0 spiro atoms. The van der Waals surface area contributed by atoms with E-state index in [1.807, 2.05) is 32.3 Å². The maximum atomic E-state index is 11.1. The molecule has 1 aromatic rings. The highest BCUT2D eigenvalue weighted by Crippen LogP contribution is 2.21. The summed E-state index contributed by atoms with van der Waals surface area (Å²) in [4.78, 5) is 23.7. The van der Waals surface area contributed by atoms with Gasteiger partial charge in [-0.2, -0.15) is 0 Å². The lowest BCUT2D eigenvalue weighted by molar-refractivity contribution is -0.108. The molecule has 1 unspecified atom stereocenters. The number of carbonyl (C=O) groups is 2. The Morgan fingerprint density at radius 1 is 1.37 bits per heavy atom. The van der Waals surface area contributed by atoms with Crippen LogP contribution in [0.5, 0.6) is 0 Å². The average molecular weight is 262 g/mol. The van der Waals surface area contributed by atoms with Crippen molar-refractivity contribution < 1.29 is 9.59 Å². The second-order valence-electron chi connectivity index (χ2n) is 4.75. The molecule has 0 aromatic heterocycles. The van der Waals surface area contributed by atoms with Crippen molar-refractivity contribution in [3.8, 4) is 0 Å². The Bertz CT molecular complexity index is 432. The zero-order valence-corrected chi connectivity index (χ0v) is 11.8. The van der Waals surface area contributed by atoms with Crippen molar-refractivity contribution in [2.24, 2.45) is 0 Å². The van der Waals surface area contributed by atoms with Gasteiger partial charge in [-0.05, 0) is 32.0 Å². The predicted molar refractivity (Wildman–Crippen MR) is 77.6 cm³/mol. The third kappa shape index (κ3) is 4.17. The summed E-state index contributed by atoms with van der Waals surface area (Å²) in [5.41, 5.74) is 2.68. The van der Waals surface area contributed by atoms with Crippen LogP contribution in [-0.4, -0.2) is 37.6 Å². The fourth-order valence-electron chi connectivity index (χ4n) is 2.06. The summed E-state index contributed by atoms with van der Waals surface area (Å²) in [7, 11) is 3.86. The van der Waals surface area contributed by atoms with Crippen LogP contribution in [-0.2, 0) is 11.3 Å². The van der Waals surface area contributed by atoms with Crippen LogP contribution in [0.15, 0.2) is 18.2 Å². The molecule has 0 saturated carbocycles. The number of nitrogens with zero attached hydrogens (tertiary/aromatic N) is 1. The molecule has 1 atom stereocenters. The molecule has 19 heavy (non-hydrogen) atoms. The van der Waals surface area contributed by atoms with Gasteiger partial charge in [-0.25, -0.2) is 0 Å². The molecule has 1 rings (SSSR count). The van der Waals surface area contributed by atoms with E-state index in [2.05, 4.69) is 17.1 Å². The van der Waals surface area contributed by atoms with Crippen LogP contribution in [0, 0.1) is 0 Å². The molecule has 0 aliphatic carbocycles. The van der Waals surface area contributed by atoms with E-state index in [0.29, 0.717) is 24.6 Å². The number of benzene rings is 1. The Morgan fingerprint density at radius 2 is 2.11 bits per heavy atom. The molecule has 0 bridgehead atoms. The molecule has 0 saturated heterocycles. The highest BCUT2D eigenvalue weighted by atomic mass is 16.1. The van der Waals surface area contributed by atoms with E-state index in [1.54, 1.807) is 0 Å². The van der Waals surface area contributed by atoms with Crippen LogP contribution >= 0.6 is 0 Å². The Labute approximate surface area is 114 Å². The third-order valence-electron chi connectivity index (χ3n) is 3.47. The van der Waals surface area contributed by atoms with Gasteiger partial charge < -0.3 is 10.1 Å². The summed E-state index contributed by atoms with van der Waals surface area (Å²) in [6.45, 7) is 2.77. The lowest BCUT2D eigenvalue weighted by Gasteiger charge is -2.26. The van der Waals surface area contributed by atoms with Gasteiger partial charge in [0.2, 0.25) is 0 Å². The molecule has 4 heteroatoms. The van der Waals surface area contributed by atoms with Gasteiger partial charge in [-0.3, -0.25) is 9.69 Å². The Hall–Kier alpha value is -1.68. The standard InChI is InChI=1S/C15H22N2O2/c1-12(6-5-9-18)17(3)10-14-13(11-19)7-4-8-15(14)16-2/h4,7-9,11-12,16H,5-6,10H2,1-3H3. The van der Waals surface area contributed by atoms with Gasteiger partial charge >= 0.3 is 0 Å². The van der Waals surface area contributed by atoms with Gasteiger partial charge in [-0.15, -0.1) is 0 Å². The van der Waals surface area contributed by atoms with Crippen molar-refractivity contribution >= 4 is 18.3 Å². The minimum Gasteiger partial charge on any atom is -0.388 e. The molecule has 4 nitrogen and oxygen atoms in total. The molecule has 0 heterocycles. The second kappa shape index (κ2) is 7.69. The number of hydrogen-bond acceptors (Lipinski definition) is 4. The van der Waals surface area contributed by atoms with Gasteiger partial charge in [0.15, 0.2) is 0 Å². The molecule has 0 aliphatic heterocycles. The predicted octanol–water partition coefficient (Wildman–Crippen LogP) is 2.34. The van der Waals surface area contributed by atoms with Crippen LogP contribution < -0.4 is 5.32 Å². The summed E-state index contributed by atoms with van der Waals surface area (Å²) in [6, 6.07) is 5.96. The zero-order chi connectivity index (χ0) is 14.3. The molecular weight excluding hydrogens is 240 g/mol. The SMILES string of the molecule is CNc1cccc(C=O)c1CN(C)C(C)CCC=O. The highest BCUT2D eigenvalue weighted by Gasteiger charge is 2.14. The minimum absolute atomic E-state index is 0.301. The van der Waals surface area contributed by atoms with Crippen molar-refractivity contribution in [2.75, 3.05) is 19.4 Å². The first-order valence-corrected chi connectivity index (χ1v) is 6.52. The van der Waals surface area contributed by atoms with Crippen LogP contribution in [0.2, 0.25) is 0 Å². The van der Waals surface area contributed by atoms with Crippen molar-refractivity contribution in [1.82, 2.24) is 4.90 Å². The number of carbonyl (C=O) groups excluding carboxylic acids is 2. The highest BCUT2D eigenvalue weighted by molar-refractivity contribution is 5.80. The number of hydrogen-bond donors (Lipinski definition) is 1. The summed E-state index contributed by atoms with van der Waals surface area (Å²) in [5, 5.41) is 3.12. The molecule has 0 aliphatic rings. The van der Waals surface area contributed by atoms with E-state index in [-0.39, 0.29) is 0 Å². The molecule has 0 amide bonds. The Kier molecular flexibility index (Phi) is 6.22. The van der Waals surface area contributed by atoms with Crippen LogP contribution in [0.3, 0.4) is 0 Å². The van der Waals surface area contributed by atoms with Gasteiger partial charge in [-0.1, -0.05) is 12.1 Å². The summed E-state index contributed by atoms with van der Waals surface area (Å²) in [6.07, 6.45) is 3.24. The van der Waals surface area contributed by atoms with Crippen molar-refractivity contribution in [3.05, 3.63) is 29.3 Å². The lowest BCUT2D eigenvalue weighted by Crippen LogP contribution is -2.29. The summed E-state index contributed by atoms with van der Waals surface area (Å²) in [5.74, 6) is 0. The number of nitrogens with one attached hydrogen (secondary N) is 1. The lowest BCUT2D eigenvalue weighted by atomic mass is 10.0. The van der Waals surface area contributed by atoms with Crippen LogP contribution in [0.4, 0.5) is 5.69 Å². The first-order chi connectivity index (χ1) is 9.13. The maximum absolute atomic E-state index is 11.1. The first kappa shape index (κ1) is 15.4. The quantitative estimate of drug-likeness (QED) is 0.731. The normalized spacial score (nSPS) is 12.2. The van der Waals surface area contributed by atoms with E-state index in [9.17, 15) is 9.59 Å². The first-order valence-electron chi connectivity index (χ1n) is 6.52. The fraction of sp³-hybridized carbons (Fsp3) is 0.467. The Balaban J connectivity index is 2.85. The zero-order valence-electron chi connectivity index (χ0n) is 11.8. The molecule has 0 fully saturated rings. The van der Waals surface area contributed by atoms with Gasteiger partial charge in [0.1, 0.15) is 12.6 Å². The van der Waals surface area contributed by atoms with Crippen LogP contribution in [0.1, 0.15) is 35.7 Å². The average Bonchev–Trinajstić information content (AvgIpc) is 2.44. The number of rotatable bonds is 8. The van der Waals surface area contributed by atoms with E-state index >= 15 is 0 Å². The molecule has 0 radical (unpaired) electrons. The fourth-order valence-corrected chi connectivity index (χ4v) is 2.06. The van der Waals surface area contributed by atoms with Gasteiger partial charge in [0.05, 0.1) is 0 Å². The molecule has 1 aromatic carbocycles. The van der Waals surface area contributed by atoms with Crippen LogP contribution in [0.25, 0.3) is 0 Å². The van der Waals surface area contributed by atoms with E-state index in [4.69, 9.17) is 0 Å². The summed E-state index contributed by atoms with van der Waals surface area (Å²) < 4.78 is 0. The largest absolute Gasteiger partial charge is 0.388 e. The monoisotopic (exact) mass is 262 g/mol. The maximum Gasteiger partial charge on any atom is 0.150 e. The minimum atomic E-state index is 0.301. The Morgan fingerprint density at radius 3 is 2.68 bits per heavy atom.